The summed E-state index contributed by atoms with van der Waals surface area (Å²) in [6.45, 7) is 0. The minimum atomic E-state index is -0.0301. The van der Waals surface area contributed by atoms with Gasteiger partial charge in [0, 0.05) is 5.03 Å². The van der Waals surface area contributed by atoms with Gasteiger partial charge in [0.1, 0.15) is 6.04 Å². The predicted molar refractivity (Wildman–Crippen MR) is 39.2 cm³/mol. The highest BCUT2D eigenvalue weighted by atomic mass is 35.5. The molecular formula is C6H4ClN3. The molecule has 0 amide bonds. The first-order valence-corrected chi connectivity index (χ1v) is 3.27. The van der Waals surface area contributed by atoms with Gasteiger partial charge in [-0.1, -0.05) is 11.6 Å². The van der Waals surface area contributed by atoms with Crippen LogP contribution in [0.3, 0.4) is 0 Å². The molecule has 0 saturated heterocycles. The van der Waals surface area contributed by atoms with Gasteiger partial charge in [-0.2, -0.15) is 5.11 Å². The zero-order valence-corrected chi connectivity index (χ0v) is 5.78. The van der Waals surface area contributed by atoms with Crippen molar-refractivity contribution in [3.8, 4) is 0 Å². The number of halogens is 1. The van der Waals surface area contributed by atoms with Crippen LogP contribution < -0.4 is 0 Å². The maximum atomic E-state index is 5.70. The summed E-state index contributed by atoms with van der Waals surface area (Å²) in [5.74, 6) is 0. The molecule has 2 rings (SSSR count). The molecule has 0 spiro atoms. The third-order valence-corrected chi connectivity index (χ3v) is 1.62. The minimum Gasteiger partial charge on any atom is -0.155 e. The van der Waals surface area contributed by atoms with E-state index in [1.54, 1.807) is 6.08 Å². The molecule has 1 unspecified atom stereocenters. The number of hydrogen-bond acceptors (Lipinski definition) is 3. The smallest absolute Gasteiger partial charge is 0.137 e. The Morgan fingerprint density at radius 1 is 1.40 bits per heavy atom. The molecule has 0 bridgehead atoms. The van der Waals surface area contributed by atoms with Gasteiger partial charge in [0.25, 0.3) is 0 Å². The summed E-state index contributed by atoms with van der Waals surface area (Å²) in [6.07, 6.45) is 5.43. The molecule has 0 fully saturated rings. The molecule has 1 heterocycles. The van der Waals surface area contributed by atoms with Crippen LogP contribution in [-0.2, 0) is 0 Å². The van der Waals surface area contributed by atoms with E-state index in [4.69, 9.17) is 11.6 Å². The molecule has 1 aliphatic carbocycles. The molecule has 1 aliphatic heterocycles. The second kappa shape index (κ2) is 2.02. The normalized spacial score (nSPS) is 27.9. The van der Waals surface area contributed by atoms with Gasteiger partial charge in [-0.25, -0.2) is 0 Å². The lowest BCUT2D eigenvalue weighted by atomic mass is 10.1. The van der Waals surface area contributed by atoms with E-state index < -0.39 is 0 Å². The van der Waals surface area contributed by atoms with Crippen LogP contribution in [0, 0.1) is 0 Å². The summed E-state index contributed by atoms with van der Waals surface area (Å²) >= 11 is 5.70. The number of allylic oxidation sites excluding steroid dienone is 2. The highest BCUT2D eigenvalue weighted by Crippen LogP contribution is 2.18. The van der Waals surface area contributed by atoms with Gasteiger partial charge < -0.3 is 0 Å². The van der Waals surface area contributed by atoms with Crippen molar-refractivity contribution in [2.45, 2.75) is 6.04 Å². The second-order valence-electron chi connectivity index (χ2n) is 2.06. The lowest BCUT2D eigenvalue weighted by Gasteiger charge is -2.03. The Kier molecular flexibility index (Phi) is 1.17. The maximum absolute atomic E-state index is 5.70. The number of fused-ring (bicyclic) bond motifs is 1. The molecule has 0 aromatic carbocycles. The molecule has 4 heteroatoms. The lowest BCUT2D eigenvalue weighted by Crippen LogP contribution is -2.12. The van der Waals surface area contributed by atoms with E-state index in [1.165, 1.54) is 0 Å². The lowest BCUT2D eigenvalue weighted by molar-refractivity contribution is 0.973. The summed E-state index contributed by atoms with van der Waals surface area (Å²) in [7, 11) is 0. The second-order valence-corrected chi connectivity index (χ2v) is 2.50. The maximum Gasteiger partial charge on any atom is 0.137 e. The van der Waals surface area contributed by atoms with Gasteiger partial charge in [0.05, 0.1) is 5.71 Å². The molecule has 0 aromatic rings. The van der Waals surface area contributed by atoms with E-state index >= 15 is 0 Å². The van der Waals surface area contributed by atoms with Crippen molar-refractivity contribution in [3.63, 3.8) is 0 Å². The van der Waals surface area contributed by atoms with Crippen LogP contribution >= 0.6 is 11.6 Å². The molecule has 2 aliphatic rings. The van der Waals surface area contributed by atoms with E-state index in [2.05, 4.69) is 15.4 Å². The van der Waals surface area contributed by atoms with Gasteiger partial charge in [0.2, 0.25) is 0 Å². The average Bonchev–Trinajstić information content (AvgIpc) is 2.33. The fraction of sp³-hybridized carbons (Fsp3) is 0.167. The Morgan fingerprint density at radius 3 is 3.20 bits per heavy atom. The Morgan fingerprint density at radius 2 is 2.30 bits per heavy atom. The van der Waals surface area contributed by atoms with Crippen molar-refractivity contribution in [1.82, 2.24) is 0 Å². The summed E-state index contributed by atoms with van der Waals surface area (Å²) in [4.78, 5) is 0. The van der Waals surface area contributed by atoms with Gasteiger partial charge in [-0.05, 0) is 23.5 Å². The zero-order valence-electron chi connectivity index (χ0n) is 5.03. The summed E-state index contributed by atoms with van der Waals surface area (Å²) in [5, 5.41) is 11.8. The standard InChI is InChI=1S/C6H4ClN3/c7-4-1-2-5-6(3-4)9-10-8-5/h1-3,6H. The first kappa shape index (κ1) is 5.80. The van der Waals surface area contributed by atoms with Crippen LogP contribution in [0.25, 0.3) is 0 Å². The van der Waals surface area contributed by atoms with Crippen LogP contribution in [0.1, 0.15) is 0 Å². The molecular weight excluding hydrogens is 150 g/mol. The van der Waals surface area contributed by atoms with Crippen LogP contribution in [0.4, 0.5) is 0 Å². The highest BCUT2D eigenvalue weighted by molar-refractivity contribution is 6.32. The predicted octanol–water partition coefficient (Wildman–Crippen LogP) is 1.87. The molecule has 10 heavy (non-hydrogen) atoms. The van der Waals surface area contributed by atoms with Crippen molar-refractivity contribution in [2.75, 3.05) is 0 Å². The van der Waals surface area contributed by atoms with Crippen molar-refractivity contribution < 1.29 is 0 Å². The van der Waals surface area contributed by atoms with Crippen molar-refractivity contribution in [3.05, 3.63) is 23.3 Å². The Hall–Kier alpha value is -0.960. The molecule has 1 atom stereocenters. The van der Waals surface area contributed by atoms with E-state index in [0.29, 0.717) is 5.03 Å². The van der Waals surface area contributed by atoms with Gasteiger partial charge in [-0.3, -0.25) is 0 Å². The van der Waals surface area contributed by atoms with Crippen molar-refractivity contribution in [2.24, 2.45) is 15.4 Å². The van der Waals surface area contributed by atoms with Crippen LogP contribution in [0.2, 0.25) is 0 Å². The number of nitrogens with zero attached hydrogens (tertiary/aromatic N) is 3. The van der Waals surface area contributed by atoms with Crippen LogP contribution in [0.15, 0.2) is 38.7 Å². The SMILES string of the molecule is ClC1=CC2N=NN=C2C=C1. The number of hydrogen-bond donors (Lipinski definition) is 0. The van der Waals surface area contributed by atoms with Gasteiger partial charge in [0.15, 0.2) is 0 Å². The average molecular weight is 154 g/mol. The van der Waals surface area contributed by atoms with E-state index in [0.717, 1.165) is 5.71 Å². The fourth-order valence-corrected chi connectivity index (χ4v) is 1.06. The Bertz CT molecular complexity index is 275. The molecule has 0 radical (unpaired) electrons. The molecule has 3 nitrogen and oxygen atoms in total. The third kappa shape index (κ3) is 0.789. The first-order valence-electron chi connectivity index (χ1n) is 2.89. The van der Waals surface area contributed by atoms with Gasteiger partial charge in [-0.15, -0.1) is 5.10 Å². The third-order valence-electron chi connectivity index (χ3n) is 1.37. The number of rotatable bonds is 0. The molecule has 0 saturated carbocycles. The minimum absolute atomic E-state index is 0.0301. The molecule has 0 N–H and O–H groups in total. The zero-order chi connectivity index (χ0) is 6.97. The van der Waals surface area contributed by atoms with E-state index in [1.807, 2.05) is 12.2 Å². The van der Waals surface area contributed by atoms with Crippen molar-refractivity contribution >= 4 is 17.3 Å². The fourth-order valence-electron chi connectivity index (χ4n) is 0.873. The van der Waals surface area contributed by atoms with Crippen LogP contribution in [-0.4, -0.2) is 11.8 Å². The van der Waals surface area contributed by atoms with Crippen LogP contribution in [0.5, 0.6) is 0 Å². The monoisotopic (exact) mass is 153 g/mol. The quantitative estimate of drug-likeness (QED) is 0.510. The summed E-state index contributed by atoms with van der Waals surface area (Å²) < 4.78 is 0. The molecule has 50 valence electrons. The van der Waals surface area contributed by atoms with Crippen molar-refractivity contribution in [1.29, 1.82) is 0 Å². The Labute approximate surface area is 62.8 Å². The Balaban J connectivity index is 2.39. The largest absolute Gasteiger partial charge is 0.155 e. The first-order chi connectivity index (χ1) is 4.86. The molecule has 0 aromatic heterocycles. The van der Waals surface area contributed by atoms with E-state index in [-0.39, 0.29) is 6.04 Å². The van der Waals surface area contributed by atoms with Gasteiger partial charge >= 0.3 is 0 Å². The summed E-state index contributed by atoms with van der Waals surface area (Å²) in [6, 6.07) is -0.0301. The topological polar surface area (TPSA) is 37.1 Å². The van der Waals surface area contributed by atoms with E-state index in [9.17, 15) is 0 Å². The highest BCUT2D eigenvalue weighted by Gasteiger charge is 2.17. The summed E-state index contributed by atoms with van der Waals surface area (Å²) in [5.41, 5.74) is 0.865.